The Hall–Kier alpha value is -3.06. The molecule has 7 heteroatoms. The summed E-state index contributed by atoms with van der Waals surface area (Å²) in [7, 11) is 0. The molecule has 4 rings (SSSR count). The highest BCUT2D eigenvalue weighted by molar-refractivity contribution is 5.97. The lowest BCUT2D eigenvalue weighted by atomic mass is 10.2. The van der Waals surface area contributed by atoms with Gasteiger partial charge < -0.3 is 25.2 Å². The molecule has 2 aromatic rings. The third-order valence-corrected chi connectivity index (χ3v) is 5.52. The number of anilines is 4. The summed E-state index contributed by atoms with van der Waals surface area (Å²) in [6.45, 7) is 5.83. The zero-order chi connectivity index (χ0) is 20.9. The third kappa shape index (κ3) is 4.74. The second-order valence-corrected chi connectivity index (χ2v) is 7.70. The maximum atomic E-state index is 12.6. The second kappa shape index (κ2) is 9.17. The largest absolute Gasteiger partial charge is 0.378 e. The molecule has 0 aliphatic carbocycles. The molecule has 0 unspecified atom stereocenters. The number of hydrogen-bond acceptors (Lipinski definition) is 5. The number of hydrogen-bond donors (Lipinski definition) is 2. The number of carbonyl (C=O) groups excluding carboxylic acids is 2. The highest BCUT2D eigenvalue weighted by Crippen LogP contribution is 2.25. The van der Waals surface area contributed by atoms with Crippen LogP contribution in [0.4, 0.5) is 22.7 Å². The van der Waals surface area contributed by atoms with E-state index in [9.17, 15) is 9.59 Å². The zero-order valence-corrected chi connectivity index (χ0v) is 17.3. The van der Waals surface area contributed by atoms with E-state index >= 15 is 0 Å². The molecule has 2 fully saturated rings. The van der Waals surface area contributed by atoms with Crippen molar-refractivity contribution in [2.24, 2.45) is 0 Å². The molecule has 0 aromatic heterocycles. The van der Waals surface area contributed by atoms with E-state index in [1.54, 1.807) is 4.90 Å². The number of morpholine rings is 1. The lowest BCUT2D eigenvalue weighted by molar-refractivity contribution is -0.117. The Morgan fingerprint density at radius 1 is 1.00 bits per heavy atom. The predicted molar refractivity (Wildman–Crippen MR) is 119 cm³/mol. The average Bonchev–Trinajstić information content (AvgIpc) is 3.21. The Labute approximate surface area is 177 Å². The fourth-order valence-corrected chi connectivity index (χ4v) is 3.83. The minimum absolute atomic E-state index is 0.114. The van der Waals surface area contributed by atoms with E-state index in [0.717, 1.165) is 62.0 Å². The van der Waals surface area contributed by atoms with E-state index in [-0.39, 0.29) is 11.8 Å². The Balaban J connectivity index is 1.34. The van der Waals surface area contributed by atoms with Gasteiger partial charge in [0.1, 0.15) is 6.04 Å². The summed E-state index contributed by atoms with van der Waals surface area (Å²) in [6, 6.07) is 15.1. The first-order valence-electron chi connectivity index (χ1n) is 10.5. The van der Waals surface area contributed by atoms with E-state index < -0.39 is 6.04 Å². The number of nitrogens with zero attached hydrogens (tertiary/aromatic N) is 2. The quantitative estimate of drug-likeness (QED) is 0.768. The van der Waals surface area contributed by atoms with Crippen molar-refractivity contribution < 1.29 is 14.3 Å². The summed E-state index contributed by atoms with van der Waals surface area (Å²) in [5, 5.41) is 6.19. The van der Waals surface area contributed by atoms with Crippen LogP contribution in [0.25, 0.3) is 0 Å². The van der Waals surface area contributed by atoms with Crippen molar-refractivity contribution >= 4 is 34.6 Å². The lowest BCUT2D eigenvalue weighted by Crippen LogP contribution is -2.36. The molecule has 2 aliphatic heterocycles. The van der Waals surface area contributed by atoms with Gasteiger partial charge in [0, 0.05) is 48.8 Å². The van der Waals surface area contributed by atoms with Crippen LogP contribution in [0.5, 0.6) is 0 Å². The molecule has 158 valence electrons. The second-order valence-electron chi connectivity index (χ2n) is 7.70. The number of amides is 2. The van der Waals surface area contributed by atoms with Crippen molar-refractivity contribution in [1.82, 2.24) is 0 Å². The molecule has 1 atom stereocenters. The minimum Gasteiger partial charge on any atom is -0.378 e. The van der Waals surface area contributed by atoms with Crippen LogP contribution in [0.2, 0.25) is 0 Å². The van der Waals surface area contributed by atoms with Gasteiger partial charge in [-0.25, -0.2) is 0 Å². The highest BCUT2D eigenvalue weighted by Gasteiger charge is 2.22. The smallest absolute Gasteiger partial charge is 0.246 e. The topological polar surface area (TPSA) is 73.9 Å². The summed E-state index contributed by atoms with van der Waals surface area (Å²) < 4.78 is 5.39. The van der Waals surface area contributed by atoms with Crippen LogP contribution in [0.1, 0.15) is 19.8 Å². The van der Waals surface area contributed by atoms with Gasteiger partial charge in [0.15, 0.2) is 0 Å². The SMILES string of the molecule is C[C@@H](Nc1cccc(N2CCCC2=O)c1)C(=O)Nc1ccc(N2CCOCC2)cc1. The summed E-state index contributed by atoms with van der Waals surface area (Å²) in [5.74, 6) is 0.0373. The Bertz CT molecular complexity index is 894. The number of benzene rings is 2. The van der Waals surface area contributed by atoms with Gasteiger partial charge in [0.2, 0.25) is 11.8 Å². The van der Waals surface area contributed by atoms with Gasteiger partial charge in [-0.15, -0.1) is 0 Å². The summed E-state index contributed by atoms with van der Waals surface area (Å²) in [4.78, 5) is 28.7. The van der Waals surface area contributed by atoms with Crippen molar-refractivity contribution in [3.8, 4) is 0 Å². The third-order valence-electron chi connectivity index (χ3n) is 5.52. The molecular weight excluding hydrogens is 380 g/mol. The van der Waals surface area contributed by atoms with Gasteiger partial charge in [-0.3, -0.25) is 9.59 Å². The van der Waals surface area contributed by atoms with E-state index in [2.05, 4.69) is 15.5 Å². The van der Waals surface area contributed by atoms with Crippen LogP contribution >= 0.6 is 0 Å². The van der Waals surface area contributed by atoms with E-state index in [1.165, 1.54) is 0 Å². The van der Waals surface area contributed by atoms with Gasteiger partial charge in [-0.2, -0.15) is 0 Å². The molecule has 0 saturated carbocycles. The van der Waals surface area contributed by atoms with Crippen molar-refractivity contribution in [1.29, 1.82) is 0 Å². The molecule has 2 N–H and O–H groups in total. The first-order chi connectivity index (χ1) is 14.6. The van der Waals surface area contributed by atoms with E-state index in [4.69, 9.17) is 4.74 Å². The molecule has 2 saturated heterocycles. The molecule has 0 radical (unpaired) electrons. The fraction of sp³-hybridized carbons (Fsp3) is 0.391. The standard InChI is InChI=1S/C23H28N4O3/c1-17(24-19-4-2-5-21(16-19)27-11-3-6-22(27)28)23(29)25-18-7-9-20(10-8-18)26-12-14-30-15-13-26/h2,4-5,7-10,16-17,24H,3,6,11-15H2,1H3,(H,25,29)/t17-/m1/s1. The molecule has 0 bridgehead atoms. The summed E-state index contributed by atoms with van der Waals surface area (Å²) in [6.07, 6.45) is 1.49. The molecule has 2 aliphatic rings. The molecule has 30 heavy (non-hydrogen) atoms. The normalized spacial score (nSPS) is 17.7. The van der Waals surface area contributed by atoms with Gasteiger partial charge in [0.05, 0.1) is 13.2 Å². The molecule has 2 amide bonds. The maximum absolute atomic E-state index is 12.6. The van der Waals surface area contributed by atoms with Crippen molar-refractivity contribution in [3.63, 3.8) is 0 Å². The highest BCUT2D eigenvalue weighted by atomic mass is 16.5. The van der Waals surface area contributed by atoms with Gasteiger partial charge in [-0.05, 0) is 55.8 Å². The predicted octanol–water partition coefficient (Wildman–Crippen LogP) is 3.09. The molecule has 2 heterocycles. The Morgan fingerprint density at radius 2 is 1.77 bits per heavy atom. The molecule has 0 spiro atoms. The average molecular weight is 409 g/mol. The minimum atomic E-state index is -0.423. The van der Waals surface area contributed by atoms with Crippen LogP contribution in [0.3, 0.4) is 0 Å². The number of nitrogens with one attached hydrogen (secondary N) is 2. The Kier molecular flexibility index (Phi) is 6.18. The lowest BCUT2D eigenvalue weighted by Gasteiger charge is -2.29. The van der Waals surface area contributed by atoms with E-state index in [1.807, 2.05) is 55.5 Å². The van der Waals surface area contributed by atoms with Gasteiger partial charge in [-0.1, -0.05) is 6.07 Å². The molecule has 7 nitrogen and oxygen atoms in total. The van der Waals surface area contributed by atoms with Crippen LogP contribution in [0, 0.1) is 0 Å². The van der Waals surface area contributed by atoms with Crippen molar-refractivity contribution in [2.75, 3.05) is 53.3 Å². The maximum Gasteiger partial charge on any atom is 0.246 e. The van der Waals surface area contributed by atoms with Crippen LogP contribution < -0.4 is 20.4 Å². The first kappa shape index (κ1) is 20.2. The Morgan fingerprint density at radius 3 is 2.47 bits per heavy atom. The monoisotopic (exact) mass is 408 g/mol. The van der Waals surface area contributed by atoms with Crippen LogP contribution in [-0.4, -0.2) is 50.7 Å². The fourth-order valence-electron chi connectivity index (χ4n) is 3.83. The summed E-state index contributed by atoms with van der Waals surface area (Å²) >= 11 is 0. The first-order valence-corrected chi connectivity index (χ1v) is 10.5. The van der Waals surface area contributed by atoms with Crippen LogP contribution in [0.15, 0.2) is 48.5 Å². The van der Waals surface area contributed by atoms with Gasteiger partial charge >= 0.3 is 0 Å². The number of ether oxygens (including phenoxy) is 1. The summed E-state index contributed by atoms with van der Waals surface area (Å²) in [5.41, 5.74) is 3.59. The number of rotatable bonds is 6. The van der Waals surface area contributed by atoms with Crippen LogP contribution in [-0.2, 0) is 14.3 Å². The number of carbonyl (C=O) groups is 2. The van der Waals surface area contributed by atoms with Gasteiger partial charge in [0.25, 0.3) is 0 Å². The van der Waals surface area contributed by atoms with Crippen molar-refractivity contribution in [3.05, 3.63) is 48.5 Å². The zero-order valence-electron chi connectivity index (χ0n) is 17.3. The van der Waals surface area contributed by atoms with Crippen molar-refractivity contribution in [2.45, 2.75) is 25.8 Å². The molecule has 2 aromatic carbocycles. The van der Waals surface area contributed by atoms with E-state index in [0.29, 0.717) is 6.42 Å². The molecular formula is C23H28N4O3.